The maximum Gasteiger partial charge on any atom is 0.405 e. The number of likely N-dealkylation sites (N-methyl/N-ethyl adjacent to an activating group) is 1. The van der Waals surface area contributed by atoms with Crippen LogP contribution < -0.4 is 4.73 Å². The minimum absolute atomic E-state index is 0.0164. The second-order valence-electron chi connectivity index (χ2n) is 6.10. The maximum absolute atomic E-state index is 12.4. The molecule has 1 heterocycles. The van der Waals surface area contributed by atoms with Gasteiger partial charge in [-0.2, -0.15) is 4.73 Å². The first-order valence-electron chi connectivity index (χ1n) is 8.26. The van der Waals surface area contributed by atoms with Crippen molar-refractivity contribution < 1.29 is 19.1 Å². The monoisotopic (exact) mass is 340 g/mol. The molecule has 0 N–H and O–H groups in total. The van der Waals surface area contributed by atoms with Gasteiger partial charge in [0, 0.05) is 19.2 Å². The van der Waals surface area contributed by atoms with Gasteiger partial charge >= 0.3 is 11.7 Å². The van der Waals surface area contributed by atoms with Crippen LogP contribution in [0, 0.1) is 5.21 Å². The van der Waals surface area contributed by atoms with Crippen molar-refractivity contribution in [3.63, 3.8) is 0 Å². The molecule has 0 spiro atoms. The highest BCUT2D eigenvalue weighted by Crippen LogP contribution is 2.33. The molecule has 3 rings (SSSR count). The molecular formula is C19H20N2O4. The smallest absolute Gasteiger partial charge is 0.405 e. The molecule has 6 nitrogen and oxygen atoms in total. The predicted octanol–water partition coefficient (Wildman–Crippen LogP) is 2.01. The molecule has 0 unspecified atom stereocenters. The van der Waals surface area contributed by atoms with E-state index in [0.29, 0.717) is 4.73 Å². The number of carbonyl (C=O) groups excluding carboxylic acids is 2. The van der Waals surface area contributed by atoms with Gasteiger partial charge in [0.1, 0.15) is 0 Å². The Hall–Kier alpha value is -2.89. The van der Waals surface area contributed by atoms with Gasteiger partial charge in [0.05, 0.1) is 6.04 Å². The standard InChI is InChI=1S/C19H20N2O4/c1-20(16-11-6-8-14-7-2-3-9-15(14)16)18(22)13-25-19(23)17-10-4-5-12-21(17)24/h2-5,7,9-10,12,16H,6,8,11,13H2,1H3/t16-/m0/s1. The van der Waals surface area contributed by atoms with Crippen molar-refractivity contribution >= 4 is 11.9 Å². The van der Waals surface area contributed by atoms with Crippen molar-refractivity contribution in [1.29, 1.82) is 0 Å². The first kappa shape index (κ1) is 17.0. The fourth-order valence-electron chi connectivity index (χ4n) is 3.19. The van der Waals surface area contributed by atoms with E-state index in [-0.39, 0.29) is 24.2 Å². The topological polar surface area (TPSA) is 73.5 Å². The van der Waals surface area contributed by atoms with E-state index in [4.69, 9.17) is 4.74 Å². The van der Waals surface area contributed by atoms with E-state index in [1.807, 2.05) is 18.2 Å². The summed E-state index contributed by atoms with van der Waals surface area (Å²) < 4.78 is 5.44. The number of aryl methyl sites for hydroxylation is 1. The van der Waals surface area contributed by atoms with Crippen LogP contribution in [0.3, 0.4) is 0 Å². The molecule has 0 radical (unpaired) electrons. The van der Waals surface area contributed by atoms with E-state index in [9.17, 15) is 14.8 Å². The van der Waals surface area contributed by atoms with Gasteiger partial charge in [-0.25, -0.2) is 4.79 Å². The molecule has 130 valence electrons. The van der Waals surface area contributed by atoms with Gasteiger partial charge in [0.2, 0.25) is 0 Å². The first-order valence-corrected chi connectivity index (χ1v) is 8.26. The van der Waals surface area contributed by atoms with E-state index in [1.54, 1.807) is 18.0 Å². The largest absolute Gasteiger partial charge is 0.618 e. The SMILES string of the molecule is CN(C(=O)COC(=O)c1cccc[n+]1[O-])[C@H]1CCCc2ccccc21. The summed E-state index contributed by atoms with van der Waals surface area (Å²) in [5, 5.41) is 11.5. The molecule has 6 heteroatoms. The van der Waals surface area contributed by atoms with E-state index in [2.05, 4.69) is 6.07 Å². The second kappa shape index (κ2) is 7.34. The summed E-state index contributed by atoms with van der Waals surface area (Å²) in [4.78, 5) is 26.0. The minimum Gasteiger partial charge on any atom is -0.618 e. The zero-order chi connectivity index (χ0) is 17.8. The Balaban J connectivity index is 1.64. The van der Waals surface area contributed by atoms with Gasteiger partial charge in [-0.3, -0.25) is 4.79 Å². The van der Waals surface area contributed by atoms with E-state index in [0.717, 1.165) is 24.8 Å². The molecule has 0 aliphatic heterocycles. The molecule has 25 heavy (non-hydrogen) atoms. The van der Waals surface area contributed by atoms with E-state index >= 15 is 0 Å². The summed E-state index contributed by atoms with van der Waals surface area (Å²) in [5.41, 5.74) is 2.27. The summed E-state index contributed by atoms with van der Waals surface area (Å²) in [6, 6.07) is 12.5. The third-order valence-corrected chi connectivity index (χ3v) is 4.56. The molecule has 1 aliphatic rings. The number of fused-ring (bicyclic) bond motifs is 1. The third kappa shape index (κ3) is 3.63. The molecule has 1 aromatic carbocycles. The molecule has 1 amide bonds. The highest BCUT2D eigenvalue weighted by Gasteiger charge is 2.27. The summed E-state index contributed by atoms with van der Waals surface area (Å²) >= 11 is 0. The Morgan fingerprint density at radius 3 is 2.80 bits per heavy atom. The highest BCUT2D eigenvalue weighted by atomic mass is 16.5. The van der Waals surface area contributed by atoms with E-state index in [1.165, 1.54) is 23.9 Å². The van der Waals surface area contributed by atoms with Crippen LogP contribution in [-0.2, 0) is 16.0 Å². The molecule has 1 aromatic heterocycles. The number of amides is 1. The van der Waals surface area contributed by atoms with Crippen LogP contribution in [0.5, 0.6) is 0 Å². The zero-order valence-corrected chi connectivity index (χ0v) is 14.1. The van der Waals surface area contributed by atoms with Crippen LogP contribution >= 0.6 is 0 Å². The van der Waals surface area contributed by atoms with E-state index < -0.39 is 5.97 Å². The molecule has 0 saturated carbocycles. The number of aromatic nitrogens is 1. The van der Waals surface area contributed by atoms with Crippen molar-refractivity contribution in [3.05, 3.63) is 70.7 Å². The Morgan fingerprint density at radius 1 is 1.24 bits per heavy atom. The van der Waals surface area contributed by atoms with Gasteiger partial charge < -0.3 is 14.8 Å². The molecule has 2 aromatic rings. The van der Waals surface area contributed by atoms with Crippen LogP contribution in [0.15, 0.2) is 48.7 Å². The fourth-order valence-corrected chi connectivity index (χ4v) is 3.19. The quantitative estimate of drug-likeness (QED) is 0.485. The average molecular weight is 340 g/mol. The lowest BCUT2D eigenvalue weighted by molar-refractivity contribution is -0.608. The van der Waals surface area contributed by atoms with Crippen LogP contribution in [-0.4, -0.2) is 30.4 Å². The lowest BCUT2D eigenvalue weighted by Gasteiger charge is -2.33. The molecule has 0 fully saturated rings. The van der Waals surface area contributed by atoms with Gasteiger partial charge in [0.25, 0.3) is 5.91 Å². The third-order valence-electron chi connectivity index (χ3n) is 4.56. The number of hydrogen-bond acceptors (Lipinski definition) is 4. The van der Waals surface area contributed by atoms with Crippen molar-refractivity contribution in [2.24, 2.45) is 0 Å². The van der Waals surface area contributed by atoms with Crippen LogP contribution in [0.2, 0.25) is 0 Å². The molecule has 0 saturated heterocycles. The number of rotatable bonds is 4. The zero-order valence-electron chi connectivity index (χ0n) is 14.1. The van der Waals surface area contributed by atoms with Crippen molar-refractivity contribution in [1.82, 2.24) is 4.90 Å². The number of ether oxygens (including phenoxy) is 1. The lowest BCUT2D eigenvalue weighted by Crippen LogP contribution is -2.38. The molecular weight excluding hydrogens is 320 g/mol. The number of benzene rings is 1. The van der Waals surface area contributed by atoms with Gasteiger partial charge in [-0.05, 0) is 36.5 Å². The summed E-state index contributed by atoms with van der Waals surface area (Å²) in [6.07, 6.45) is 4.12. The first-order chi connectivity index (χ1) is 12.1. The minimum atomic E-state index is -0.804. The fraction of sp³-hybridized carbons (Fsp3) is 0.316. The van der Waals surface area contributed by atoms with Crippen molar-refractivity contribution in [3.8, 4) is 0 Å². The van der Waals surface area contributed by atoms with Gasteiger partial charge in [-0.15, -0.1) is 0 Å². The normalized spacial score (nSPS) is 16.0. The molecule has 0 bridgehead atoms. The second-order valence-corrected chi connectivity index (χ2v) is 6.10. The van der Waals surface area contributed by atoms with Crippen LogP contribution in [0.1, 0.15) is 40.5 Å². The van der Waals surface area contributed by atoms with Crippen LogP contribution in [0.4, 0.5) is 0 Å². The van der Waals surface area contributed by atoms with Gasteiger partial charge in [-0.1, -0.05) is 24.3 Å². The number of esters is 1. The van der Waals surface area contributed by atoms with Crippen molar-refractivity contribution in [2.75, 3.05) is 13.7 Å². The highest BCUT2D eigenvalue weighted by molar-refractivity contribution is 5.88. The summed E-state index contributed by atoms with van der Waals surface area (Å²) in [6.45, 7) is -0.386. The van der Waals surface area contributed by atoms with Gasteiger partial charge in [0.15, 0.2) is 12.8 Å². The lowest BCUT2D eigenvalue weighted by atomic mass is 9.87. The summed E-state index contributed by atoms with van der Waals surface area (Å²) in [5.74, 6) is -1.09. The average Bonchev–Trinajstić information content (AvgIpc) is 2.65. The maximum atomic E-state index is 12.4. The summed E-state index contributed by atoms with van der Waals surface area (Å²) in [7, 11) is 1.72. The number of pyridine rings is 1. The predicted molar refractivity (Wildman–Crippen MR) is 90.6 cm³/mol. The number of nitrogens with zero attached hydrogens (tertiary/aromatic N) is 2. The Labute approximate surface area is 146 Å². The van der Waals surface area contributed by atoms with Crippen LogP contribution in [0.25, 0.3) is 0 Å². The Morgan fingerprint density at radius 2 is 2.00 bits per heavy atom. The Kier molecular flexibility index (Phi) is 4.97. The molecule has 1 aliphatic carbocycles. The number of carbonyl (C=O) groups is 2. The number of hydrogen-bond donors (Lipinski definition) is 0. The Bertz CT molecular complexity index is 790. The van der Waals surface area contributed by atoms with Crippen molar-refractivity contribution in [2.45, 2.75) is 25.3 Å². The molecule has 1 atom stereocenters.